The minimum absolute atomic E-state index is 0.172. The normalized spacial score (nSPS) is 10.6. The molecule has 2 aromatic carbocycles. The lowest BCUT2D eigenvalue weighted by atomic mass is 10.2. The lowest BCUT2D eigenvalue weighted by Crippen LogP contribution is -2.32. The monoisotopic (exact) mass is 509 g/mol. The second-order valence-electron chi connectivity index (χ2n) is 7.57. The summed E-state index contributed by atoms with van der Waals surface area (Å²) in [6.45, 7) is 0.277. The van der Waals surface area contributed by atoms with Gasteiger partial charge in [0.15, 0.2) is 18.1 Å². The molecule has 0 saturated carbocycles. The highest BCUT2D eigenvalue weighted by Crippen LogP contribution is 2.32. The summed E-state index contributed by atoms with van der Waals surface area (Å²) in [4.78, 5) is 12.2. The standard InChI is InChI=1S/C25H27N5O7/c1-32-16-5-6-20(21(14-16)35-4)25-28-27-22-7-8-24(29-30(22)25)36-10-9-26-23(31)15-37-19-12-17(33-2)11-18(13-19)34-3/h5-8,11-14H,9-10,15H2,1-4H3,(H,26,31). The first kappa shape index (κ1) is 25.4. The zero-order chi connectivity index (χ0) is 26.2. The Morgan fingerprint density at radius 1 is 0.811 bits per heavy atom. The number of fused-ring (bicyclic) bond motifs is 1. The van der Waals surface area contributed by atoms with Crippen molar-refractivity contribution in [2.24, 2.45) is 0 Å². The molecule has 0 aliphatic rings. The zero-order valence-electron chi connectivity index (χ0n) is 20.9. The number of benzene rings is 2. The highest BCUT2D eigenvalue weighted by Gasteiger charge is 2.16. The maximum atomic E-state index is 12.2. The summed E-state index contributed by atoms with van der Waals surface area (Å²) >= 11 is 0. The molecule has 194 valence electrons. The Morgan fingerprint density at radius 3 is 2.24 bits per heavy atom. The van der Waals surface area contributed by atoms with Crippen molar-refractivity contribution in [2.75, 3.05) is 48.2 Å². The molecule has 4 aromatic rings. The molecule has 1 N–H and O–H groups in total. The van der Waals surface area contributed by atoms with Gasteiger partial charge in [-0.15, -0.1) is 15.3 Å². The summed E-state index contributed by atoms with van der Waals surface area (Å²) in [5.41, 5.74) is 1.24. The minimum Gasteiger partial charge on any atom is -0.497 e. The van der Waals surface area contributed by atoms with Crippen molar-refractivity contribution in [1.82, 2.24) is 25.1 Å². The fourth-order valence-electron chi connectivity index (χ4n) is 3.41. The Balaban J connectivity index is 1.33. The average molecular weight is 510 g/mol. The van der Waals surface area contributed by atoms with Crippen LogP contribution in [0.15, 0.2) is 48.5 Å². The molecule has 12 nitrogen and oxygen atoms in total. The summed E-state index contributed by atoms with van der Waals surface area (Å²) < 4.78 is 33.9. The summed E-state index contributed by atoms with van der Waals surface area (Å²) in [6, 6.07) is 13.9. The Kier molecular flexibility index (Phi) is 8.08. The van der Waals surface area contributed by atoms with Crippen LogP contribution in [-0.4, -0.2) is 73.9 Å². The third-order valence-electron chi connectivity index (χ3n) is 5.26. The van der Waals surface area contributed by atoms with Crippen LogP contribution in [0.4, 0.5) is 0 Å². The lowest BCUT2D eigenvalue weighted by molar-refractivity contribution is -0.123. The van der Waals surface area contributed by atoms with E-state index >= 15 is 0 Å². The van der Waals surface area contributed by atoms with Gasteiger partial charge in [0.25, 0.3) is 5.91 Å². The van der Waals surface area contributed by atoms with E-state index in [-0.39, 0.29) is 25.7 Å². The largest absolute Gasteiger partial charge is 0.497 e. The van der Waals surface area contributed by atoms with Crippen LogP contribution >= 0.6 is 0 Å². The topological polar surface area (TPSA) is 128 Å². The lowest BCUT2D eigenvalue weighted by Gasteiger charge is -2.11. The van der Waals surface area contributed by atoms with Crippen molar-refractivity contribution in [3.8, 4) is 46.0 Å². The molecule has 1 amide bonds. The molecule has 12 heteroatoms. The van der Waals surface area contributed by atoms with Crippen molar-refractivity contribution >= 4 is 11.6 Å². The molecule has 2 aromatic heterocycles. The number of carbonyl (C=O) groups is 1. The van der Waals surface area contributed by atoms with E-state index in [0.717, 1.165) is 0 Å². The highest BCUT2D eigenvalue weighted by molar-refractivity contribution is 5.77. The van der Waals surface area contributed by atoms with E-state index in [4.69, 9.17) is 28.4 Å². The van der Waals surface area contributed by atoms with E-state index in [1.807, 2.05) is 6.07 Å². The molecule has 2 heterocycles. The smallest absolute Gasteiger partial charge is 0.258 e. The summed E-state index contributed by atoms with van der Waals surface area (Å²) in [5, 5.41) is 15.6. The molecule has 0 unspecified atom stereocenters. The number of hydrogen-bond acceptors (Lipinski definition) is 10. The van der Waals surface area contributed by atoms with E-state index in [1.54, 1.807) is 61.2 Å². The van der Waals surface area contributed by atoms with E-state index in [9.17, 15) is 4.79 Å². The van der Waals surface area contributed by atoms with Gasteiger partial charge >= 0.3 is 0 Å². The SMILES string of the molecule is COc1cc(OC)cc(OCC(=O)NCCOc2ccc3nnc(-c4ccc(OC)cc4OC)n3n2)c1. The number of rotatable bonds is 12. The summed E-state index contributed by atoms with van der Waals surface area (Å²) in [6.07, 6.45) is 0. The first-order valence-electron chi connectivity index (χ1n) is 11.2. The Labute approximate surface area is 213 Å². The van der Waals surface area contributed by atoms with Crippen LogP contribution in [0, 0.1) is 0 Å². The van der Waals surface area contributed by atoms with Gasteiger partial charge in [0.05, 0.1) is 40.5 Å². The van der Waals surface area contributed by atoms with Crippen LogP contribution in [-0.2, 0) is 4.79 Å². The summed E-state index contributed by atoms with van der Waals surface area (Å²) in [7, 11) is 6.23. The van der Waals surface area contributed by atoms with Gasteiger partial charge in [0.1, 0.15) is 35.4 Å². The van der Waals surface area contributed by atoms with Crippen LogP contribution < -0.4 is 33.7 Å². The number of amides is 1. The second kappa shape index (κ2) is 11.8. The van der Waals surface area contributed by atoms with E-state index < -0.39 is 0 Å². The van der Waals surface area contributed by atoms with Crippen molar-refractivity contribution < 1.29 is 33.2 Å². The molecule has 0 atom stereocenters. The molecule has 0 aliphatic heterocycles. The van der Waals surface area contributed by atoms with Crippen LogP contribution in [0.25, 0.3) is 17.0 Å². The van der Waals surface area contributed by atoms with Crippen molar-refractivity contribution in [3.05, 3.63) is 48.5 Å². The molecular weight excluding hydrogens is 482 g/mol. The first-order valence-corrected chi connectivity index (χ1v) is 11.2. The molecule has 0 bridgehead atoms. The Bertz CT molecular complexity index is 1350. The van der Waals surface area contributed by atoms with Crippen LogP contribution in [0.3, 0.4) is 0 Å². The van der Waals surface area contributed by atoms with Gasteiger partial charge in [0.2, 0.25) is 5.88 Å². The average Bonchev–Trinajstić information content (AvgIpc) is 3.36. The predicted molar refractivity (Wildman–Crippen MR) is 133 cm³/mol. The molecule has 4 rings (SSSR count). The number of ether oxygens (including phenoxy) is 6. The van der Waals surface area contributed by atoms with Crippen molar-refractivity contribution in [3.63, 3.8) is 0 Å². The fraction of sp³-hybridized carbons (Fsp3) is 0.280. The van der Waals surface area contributed by atoms with Gasteiger partial charge in [-0.25, -0.2) is 0 Å². The molecule has 0 aliphatic carbocycles. The van der Waals surface area contributed by atoms with Gasteiger partial charge in [-0.1, -0.05) is 0 Å². The van der Waals surface area contributed by atoms with Crippen LogP contribution in [0.1, 0.15) is 0 Å². The molecule has 37 heavy (non-hydrogen) atoms. The summed E-state index contributed by atoms with van der Waals surface area (Å²) in [5.74, 6) is 3.33. The number of hydrogen-bond donors (Lipinski definition) is 1. The Hall–Kier alpha value is -4.74. The molecule has 0 fully saturated rings. The quantitative estimate of drug-likeness (QED) is 0.284. The number of methoxy groups -OCH3 is 4. The molecular formula is C25H27N5O7. The van der Waals surface area contributed by atoms with Gasteiger partial charge < -0.3 is 33.7 Å². The molecule has 0 spiro atoms. The molecule has 0 saturated heterocycles. The molecule has 0 radical (unpaired) electrons. The van der Waals surface area contributed by atoms with Gasteiger partial charge in [-0.05, 0) is 18.2 Å². The van der Waals surface area contributed by atoms with Gasteiger partial charge in [-0.3, -0.25) is 4.79 Å². The Morgan fingerprint density at radius 2 is 1.54 bits per heavy atom. The predicted octanol–water partition coefficient (Wildman–Crippen LogP) is 2.40. The zero-order valence-corrected chi connectivity index (χ0v) is 20.9. The van der Waals surface area contributed by atoms with Crippen LogP contribution in [0.2, 0.25) is 0 Å². The van der Waals surface area contributed by atoms with Crippen LogP contribution in [0.5, 0.6) is 34.6 Å². The van der Waals surface area contributed by atoms with E-state index in [1.165, 1.54) is 14.2 Å². The van der Waals surface area contributed by atoms with Gasteiger partial charge in [0, 0.05) is 30.3 Å². The van der Waals surface area contributed by atoms with Crippen molar-refractivity contribution in [2.45, 2.75) is 0 Å². The first-order chi connectivity index (χ1) is 18.0. The number of nitrogens with one attached hydrogen (secondary N) is 1. The minimum atomic E-state index is -0.304. The number of carbonyl (C=O) groups excluding carboxylic acids is 1. The second-order valence-corrected chi connectivity index (χ2v) is 7.57. The van der Waals surface area contributed by atoms with E-state index in [0.29, 0.717) is 51.7 Å². The van der Waals surface area contributed by atoms with E-state index in [2.05, 4.69) is 20.6 Å². The van der Waals surface area contributed by atoms with Gasteiger partial charge in [-0.2, -0.15) is 4.52 Å². The third kappa shape index (κ3) is 6.10. The number of aromatic nitrogens is 4. The maximum absolute atomic E-state index is 12.2. The number of nitrogens with zero attached hydrogens (tertiary/aromatic N) is 4. The third-order valence-corrected chi connectivity index (χ3v) is 5.26. The highest BCUT2D eigenvalue weighted by atomic mass is 16.5. The van der Waals surface area contributed by atoms with Crippen molar-refractivity contribution in [1.29, 1.82) is 0 Å². The maximum Gasteiger partial charge on any atom is 0.258 e. The fourth-order valence-corrected chi connectivity index (χ4v) is 3.41.